The summed E-state index contributed by atoms with van der Waals surface area (Å²) in [5, 5.41) is 20.6. The van der Waals surface area contributed by atoms with E-state index in [1.165, 1.54) is 12.1 Å². The summed E-state index contributed by atoms with van der Waals surface area (Å²) in [5.74, 6) is 0.762. The van der Waals surface area contributed by atoms with Gasteiger partial charge in [0.15, 0.2) is 0 Å². The van der Waals surface area contributed by atoms with E-state index in [2.05, 4.69) is 34.9 Å². The number of benzene rings is 4. The predicted octanol–water partition coefficient (Wildman–Crippen LogP) is 6.10. The third-order valence-electron chi connectivity index (χ3n) is 5.92. The van der Waals surface area contributed by atoms with E-state index in [9.17, 15) is 10.1 Å². The lowest BCUT2D eigenvalue weighted by atomic mass is 9.87. The molecule has 0 aliphatic carbocycles. The Hall–Kier alpha value is -4.19. The molecule has 4 aromatic carbocycles. The van der Waals surface area contributed by atoms with Gasteiger partial charge in [0.1, 0.15) is 11.4 Å². The van der Waals surface area contributed by atoms with Crippen LogP contribution in [0.15, 0.2) is 96.0 Å². The summed E-state index contributed by atoms with van der Waals surface area (Å²) < 4.78 is 0. The van der Waals surface area contributed by atoms with Crippen LogP contribution in [0.4, 0.5) is 17.1 Å². The Kier molecular flexibility index (Phi) is 4.82. The Morgan fingerprint density at radius 1 is 0.875 bits per heavy atom. The summed E-state index contributed by atoms with van der Waals surface area (Å²) in [7, 11) is 0. The number of nitrogens with one attached hydrogen (secondary N) is 2. The molecule has 1 atom stereocenters. The molecule has 5 rings (SSSR count). The zero-order chi connectivity index (χ0) is 22.1. The Morgan fingerprint density at radius 2 is 1.50 bits per heavy atom. The van der Waals surface area contributed by atoms with Crippen LogP contribution in [-0.2, 0) is 12.1 Å². The summed E-state index contributed by atoms with van der Waals surface area (Å²) in [6.45, 7) is 2.57. The van der Waals surface area contributed by atoms with Gasteiger partial charge in [-0.15, -0.1) is 0 Å². The van der Waals surface area contributed by atoms with Crippen molar-refractivity contribution < 1.29 is 4.92 Å². The molecule has 32 heavy (non-hydrogen) atoms. The molecule has 0 saturated heterocycles. The third kappa shape index (κ3) is 3.56. The third-order valence-corrected chi connectivity index (χ3v) is 5.92. The minimum absolute atomic E-state index is 0.0651. The van der Waals surface area contributed by atoms with Gasteiger partial charge in [-0.1, -0.05) is 54.6 Å². The number of non-ortho nitro benzene ring substituents is 1. The second kappa shape index (κ2) is 7.81. The van der Waals surface area contributed by atoms with Crippen molar-refractivity contribution in [3.05, 3.63) is 112 Å². The highest BCUT2D eigenvalue weighted by atomic mass is 16.6. The van der Waals surface area contributed by atoms with Crippen LogP contribution in [0.5, 0.6) is 0 Å². The van der Waals surface area contributed by atoms with Crippen LogP contribution in [0, 0.1) is 10.1 Å². The van der Waals surface area contributed by atoms with Crippen molar-refractivity contribution in [2.45, 2.75) is 19.0 Å². The fourth-order valence-corrected chi connectivity index (χ4v) is 4.11. The van der Waals surface area contributed by atoms with Gasteiger partial charge in [0.2, 0.25) is 0 Å². The summed E-state index contributed by atoms with van der Waals surface area (Å²) in [6, 6.07) is 29.2. The van der Waals surface area contributed by atoms with Gasteiger partial charge in [-0.25, -0.2) is 0 Å². The summed E-state index contributed by atoms with van der Waals surface area (Å²) in [4.78, 5) is 15.7. The number of fused-ring (bicyclic) bond motifs is 2. The normalized spacial score (nSPS) is 18.6. The largest absolute Gasteiger partial charge is 0.368 e. The van der Waals surface area contributed by atoms with Crippen molar-refractivity contribution in [3.63, 3.8) is 0 Å². The topological polar surface area (TPSA) is 79.6 Å². The highest BCUT2D eigenvalue weighted by molar-refractivity contribution is 6.11. The maximum Gasteiger partial charge on any atom is 0.269 e. The lowest BCUT2D eigenvalue weighted by molar-refractivity contribution is -0.384. The number of nitro benzene ring substituents is 1. The second-order valence-corrected chi connectivity index (χ2v) is 8.07. The highest BCUT2D eigenvalue weighted by Gasteiger charge is 2.37. The maximum absolute atomic E-state index is 11.1. The summed E-state index contributed by atoms with van der Waals surface area (Å²) in [5.41, 5.74) is 3.30. The van der Waals surface area contributed by atoms with E-state index in [1.807, 2.05) is 49.4 Å². The SMILES string of the molecule is CC1(c2ccc([N+](=O)[O-])cc2)Nc2cc3ccccc3cc2NC1=NCc1ccccc1. The monoisotopic (exact) mass is 422 g/mol. The molecule has 158 valence electrons. The maximum atomic E-state index is 11.1. The Bertz CT molecular complexity index is 1330. The zero-order valence-corrected chi connectivity index (χ0v) is 17.6. The van der Waals surface area contributed by atoms with Gasteiger partial charge in [0, 0.05) is 12.1 Å². The van der Waals surface area contributed by atoms with Gasteiger partial charge in [-0.2, -0.15) is 0 Å². The minimum atomic E-state index is -0.681. The molecule has 0 amide bonds. The van der Waals surface area contributed by atoms with E-state index in [1.54, 1.807) is 12.1 Å². The first-order chi connectivity index (χ1) is 15.5. The Balaban J connectivity index is 1.60. The lowest BCUT2D eigenvalue weighted by Gasteiger charge is -2.39. The molecule has 6 heteroatoms. The van der Waals surface area contributed by atoms with Crippen LogP contribution < -0.4 is 10.6 Å². The zero-order valence-electron chi connectivity index (χ0n) is 17.6. The molecular formula is C26H22N4O2. The average molecular weight is 422 g/mol. The highest BCUT2D eigenvalue weighted by Crippen LogP contribution is 2.39. The number of nitro groups is 1. The van der Waals surface area contributed by atoms with Crippen LogP contribution in [0.1, 0.15) is 18.1 Å². The van der Waals surface area contributed by atoms with E-state index in [4.69, 9.17) is 4.99 Å². The Morgan fingerprint density at radius 3 is 2.16 bits per heavy atom. The number of hydrogen-bond donors (Lipinski definition) is 2. The van der Waals surface area contributed by atoms with Gasteiger partial charge in [-0.05, 0) is 53.1 Å². The van der Waals surface area contributed by atoms with E-state index < -0.39 is 5.54 Å². The van der Waals surface area contributed by atoms with Crippen LogP contribution in [0.3, 0.4) is 0 Å². The molecule has 2 N–H and O–H groups in total. The molecule has 0 bridgehead atoms. The van der Waals surface area contributed by atoms with E-state index in [0.717, 1.165) is 39.1 Å². The number of anilines is 2. The molecule has 1 aliphatic rings. The summed E-state index contributed by atoms with van der Waals surface area (Å²) >= 11 is 0. The lowest BCUT2D eigenvalue weighted by Crippen LogP contribution is -2.47. The minimum Gasteiger partial charge on any atom is -0.368 e. The molecule has 1 unspecified atom stereocenters. The van der Waals surface area contributed by atoms with Gasteiger partial charge in [0.05, 0.1) is 22.8 Å². The van der Waals surface area contributed by atoms with Gasteiger partial charge in [0.25, 0.3) is 5.69 Å². The quantitative estimate of drug-likeness (QED) is 0.308. The molecule has 4 aromatic rings. The molecule has 0 fully saturated rings. The fourth-order valence-electron chi connectivity index (χ4n) is 4.11. The Labute approximate surface area is 185 Å². The van der Waals surface area contributed by atoms with Crippen LogP contribution in [0.25, 0.3) is 10.8 Å². The standard InChI is InChI=1S/C26H22N4O2/c1-26(21-11-13-22(14-12-21)30(31)32)25(27-17-18-7-3-2-4-8-18)28-23-15-19-9-5-6-10-20(19)16-24(23)29-26/h2-16,29H,17H2,1H3,(H,27,28). The number of rotatable bonds is 4. The molecule has 0 saturated carbocycles. The number of hydrogen-bond acceptors (Lipinski definition) is 4. The first kappa shape index (κ1) is 19.8. The van der Waals surface area contributed by atoms with Crippen LogP contribution in [0.2, 0.25) is 0 Å². The average Bonchev–Trinajstić information content (AvgIpc) is 2.82. The van der Waals surface area contributed by atoms with E-state index in [0.29, 0.717) is 6.54 Å². The number of aliphatic imine (C=N–C) groups is 1. The van der Waals surface area contributed by atoms with Crippen LogP contribution in [-0.4, -0.2) is 10.8 Å². The molecule has 0 spiro atoms. The van der Waals surface area contributed by atoms with Gasteiger partial charge < -0.3 is 10.6 Å². The van der Waals surface area contributed by atoms with Crippen molar-refractivity contribution in [2.24, 2.45) is 4.99 Å². The molecule has 0 radical (unpaired) electrons. The van der Waals surface area contributed by atoms with E-state index in [-0.39, 0.29) is 10.6 Å². The molecule has 6 nitrogen and oxygen atoms in total. The molecular weight excluding hydrogens is 400 g/mol. The van der Waals surface area contributed by atoms with Gasteiger partial charge in [-0.3, -0.25) is 15.1 Å². The smallest absolute Gasteiger partial charge is 0.269 e. The van der Waals surface area contributed by atoms with E-state index >= 15 is 0 Å². The predicted molar refractivity (Wildman–Crippen MR) is 129 cm³/mol. The van der Waals surface area contributed by atoms with Crippen molar-refractivity contribution in [3.8, 4) is 0 Å². The van der Waals surface area contributed by atoms with Crippen molar-refractivity contribution in [1.29, 1.82) is 0 Å². The van der Waals surface area contributed by atoms with Crippen molar-refractivity contribution in [2.75, 3.05) is 10.6 Å². The number of amidine groups is 1. The van der Waals surface area contributed by atoms with Crippen molar-refractivity contribution >= 4 is 33.7 Å². The molecule has 1 aliphatic heterocycles. The fraction of sp³-hybridized carbons (Fsp3) is 0.115. The first-order valence-corrected chi connectivity index (χ1v) is 10.4. The summed E-state index contributed by atoms with van der Waals surface area (Å²) in [6.07, 6.45) is 0. The van der Waals surface area contributed by atoms with Crippen LogP contribution >= 0.6 is 0 Å². The van der Waals surface area contributed by atoms with Crippen molar-refractivity contribution in [1.82, 2.24) is 0 Å². The number of nitrogens with zero attached hydrogens (tertiary/aromatic N) is 2. The second-order valence-electron chi connectivity index (χ2n) is 8.07. The molecule has 0 aromatic heterocycles. The molecule has 1 heterocycles. The van der Waals surface area contributed by atoms with Gasteiger partial charge >= 0.3 is 0 Å². The first-order valence-electron chi connectivity index (χ1n) is 10.4.